The fourth-order valence-corrected chi connectivity index (χ4v) is 7.83. The van der Waals surface area contributed by atoms with Crippen molar-refractivity contribution in [2.75, 3.05) is 126 Å². The van der Waals surface area contributed by atoms with E-state index < -0.39 is 0 Å². The van der Waals surface area contributed by atoms with Crippen LogP contribution in [0.25, 0.3) is 11.4 Å². The molecule has 2 aliphatic heterocycles. The number of hydrogen-bond donors (Lipinski definition) is 1. The zero-order chi connectivity index (χ0) is 45.3. The lowest BCUT2D eigenvalue weighted by Gasteiger charge is -2.37. The molecule has 6 aromatic rings. The molecular formula is C46H63Br2Cl2FN12O2. The van der Waals surface area contributed by atoms with E-state index in [1.807, 2.05) is 62.3 Å². The van der Waals surface area contributed by atoms with Gasteiger partial charge in [0.25, 0.3) is 0 Å². The average Bonchev–Trinajstić information content (AvgIpc) is 3.91. The van der Waals surface area contributed by atoms with Gasteiger partial charge in [-0.3, -0.25) is 4.39 Å². The van der Waals surface area contributed by atoms with Crippen LogP contribution in [-0.4, -0.2) is 146 Å². The fraction of sp³-hybridized carbons (Fsp3) is 0.391. The number of benzene rings is 4. The second kappa shape index (κ2) is 27.7. The number of hydrogen-bond acceptors (Lipinski definition) is 10. The Balaban J connectivity index is 0.000000292. The molecule has 0 unspecified atom stereocenters. The summed E-state index contributed by atoms with van der Waals surface area (Å²) in [6, 6.07) is 33.2. The molecule has 8 rings (SSSR count). The van der Waals surface area contributed by atoms with Crippen LogP contribution in [0.5, 0.6) is 0 Å². The topological polar surface area (TPSA) is 110 Å². The third-order valence-corrected chi connectivity index (χ3v) is 11.7. The van der Waals surface area contributed by atoms with Crippen molar-refractivity contribution in [2.45, 2.75) is 14.0 Å². The van der Waals surface area contributed by atoms with E-state index >= 15 is 0 Å². The Morgan fingerprint density at radius 1 is 0.569 bits per heavy atom. The van der Waals surface area contributed by atoms with Gasteiger partial charge in [-0.1, -0.05) is 39.3 Å². The predicted octanol–water partition coefficient (Wildman–Crippen LogP) is 7.76. The van der Waals surface area contributed by atoms with E-state index in [-0.39, 0.29) is 31.2 Å². The summed E-state index contributed by atoms with van der Waals surface area (Å²) >= 11 is 12.3. The van der Waals surface area contributed by atoms with E-state index in [1.165, 1.54) is 38.3 Å². The van der Waals surface area contributed by atoms with E-state index in [9.17, 15) is 14.0 Å². The smallest absolute Gasteiger partial charge is 0.350 e. The van der Waals surface area contributed by atoms with E-state index in [1.54, 1.807) is 10.9 Å². The number of H-pyrrole nitrogens is 1. The minimum Gasteiger partial charge on any atom is -0.368 e. The third-order valence-electron chi connectivity index (χ3n) is 10.5. The lowest BCUT2D eigenvalue weighted by molar-refractivity contribution is 0.369. The number of halogens is 5. The number of nitrogens with one attached hydrogen (secondary N) is 1. The molecule has 2 fully saturated rings. The number of anilines is 4. The van der Waals surface area contributed by atoms with E-state index in [2.05, 4.69) is 140 Å². The van der Waals surface area contributed by atoms with E-state index in [0.29, 0.717) is 13.7 Å². The molecule has 1 N–H and O–H groups in total. The molecule has 0 saturated carbocycles. The number of rotatable bonds is 11. The Morgan fingerprint density at radius 2 is 0.908 bits per heavy atom. The molecule has 0 atom stereocenters. The van der Waals surface area contributed by atoms with Crippen LogP contribution in [0.3, 0.4) is 0 Å². The molecule has 2 saturated heterocycles. The van der Waals surface area contributed by atoms with Gasteiger partial charge in [-0.25, -0.2) is 28.5 Å². The van der Waals surface area contributed by atoms with Gasteiger partial charge in [0.2, 0.25) is 0 Å². The minimum absolute atomic E-state index is 0. The van der Waals surface area contributed by atoms with Gasteiger partial charge in [-0.15, -0.1) is 24.0 Å². The molecule has 4 aromatic carbocycles. The maximum absolute atomic E-state index is 12.6. The highest BCUT2D eigenvalue weighted by molar-refractivity contribution is 9.10. The summed E-state index contributed by atoms with van der Waals surface area (Å²) in [5.41, 5.74) is 6.21. The quantitative estimate of drug-likeness (QED) is 0.129. The van der Waals surface area contributed by atoms with Crippen molar-refractivity contribution in [1.82, 2.24) is 38.9 Å². The molecule has 2 aromatic heterocycles. The standard InChI is InChI=1S/C22H27BrN6O.C18H18BrN5O.C4H10ClN.CH3F.CH4.ClH/c1-25(2)11-16-29-22(30)28(17-24-29)21-9-7-20(8-10-21)27-14-12-26(13-15-27)19-5-3-18(23)4-6-19;19-14-1-3-15(4-2-14)22-9-11-23(12-10-22)16-5-7-17(8-6-16)24-13-20-21-18(24)25;1-6(2)4-3-5;1-2;;/h3-10,17H,11-16H2,1-2H3;1-8,13H,9-12H2,(H,21,25);3-4H2,1-2H3;1H3;1H4;1H. The van der Waals surface area contributed by atoms with Crippen molar-refractivity contribution in [1.29, 1.82) is 0 Å². The number of likely N-dealkylation sites (N-methyl/N-ethyl adjacent to an activating group) is 1. The maximum Gasteiger partial charge on any atom is 0.350 e. The number of alkyl halides is 2. The Morgan fingerprint density at radius 3 is 1.22 bits per heavy atom. The van der Waals surface area contributed by atoms with Crippen molar-refractivity contribution in [2.24, 2.45) is 0 Å². The highest BCUT2D eigenvalue weighted by Crippen LogP contribution is 2.25. The molecule has 65 heavy (non-hydrogen) atoms. The Labute approximate surface area is 410 Å². The molecule has 0 radical (unpaired) electrons. The lowest BCUT2D eigenvalue weighted by Crippen LogP contribution is -2.46. The Kier molecular flexibility index (Phi) is 23.3. The van der Waals surface area contributed by atoms with Crippen LogP contribution in [0, 0.1) is 0 Å². The van der Waals surface area contributed by atoms with Gasteiger partial charge in [-0.05, 0) is 125 Å². The summed E-state index contributed by atoms with van der Waals surface area (Å²) in [5, 5.41) is 10.4. The molecule has 2 aliphatic rings. The third kappa shape index (κ3) is 16.0. The normalized spacial score (nSPS) is 13.4. The van der Waals surface area contributed by atoms with Gasteiger partial charge in [0.15, 0.2) is 0 Å². The highest BCUT2D eigenvalue weighted by atomic mass is 79.9. The van der Waals surface area contributed by atoms with Crippen LogP contribution >= 0.6 is 55.9 Å². The molecule has 4 heterocycles. The number of piperazine rings is 2. The predicted molar refractivity (Wildman–Crippen MR) is 278 cm³/mol. The van der Waals surface area contributed by atoms with Crippen LogP contribution < -0.4 is 31.0 Å². The fourth-order valence-electron chi connectivity index (χ4n) is 6.96. The summed E-state index contributed by atoms with van der Waals surface area (Å²) in [4.78, 5) is 37.9. The first kappa shape index (κ1) is 54.7. The Bertz CT molecular complexity index is 2340. The zero-order valence-electron chi connectivity index (χ0n) is 37.0. The second-order valence-electron chi connectivity index (χ2n) is 15.3. The molecule has 19 heteroatoms. The maximum atomic E-state index is 12.6. The van der Waals surface area contributed by atoms with Crippen molar-refractivity contribution in [3.05, 3.63) is 140 Å². The zero-order valence-corrected chi connectivity index (χ0v) is 41.8. The monoisotopic (exact) mass is 1060 g/mol. The molecular weight excluding hydrogens is 1000 g/mol. The molecule has 14 nitrogen and oxygen atoms in total. The van der Waals surface area contributed by atoms with Gasteiger partial charge in [0.1, 0.15) is 12.7 Å². The van der Waals surface area contributed by atoms with Gasteiger partial charge >= 0.3 is 11.4 Å². The van der Waals surface area contributed by atoms with Gasteiger partial charge in [0.05, 0.1) is 25.1 Å². The molecule has 354 valence electrons. The summed E-state index contributed by atoms with van der Waals surface area (Å²) in [6.45, 7) is 10.2. The molecule has 0 bridgehead atoms. The average molecular weight is 1070 g/mol. The minimum atomic E-state index is -0.226. The van der Waals surface area contributed by atoms with Gasteiger partial charge in [0, 0.05) is 103 Å². The first-order chi connectivity index (χ1) is 30.5. The number of aromatic amines is 1. The Hall–Kier alpha value is -4.65. The molecule has 0 amide bonds. The van der Waals surface area contributed by atoms with Gasteiger partial charge < -0.3 is 29.4 Å². The van der Waals surface area contributed by atoms with Crippen molar-refractivity contribution < 1.29 is 4.39 Å². The van der Waals surface area contributed by atoms with Crippen molar-refractivity contribution in [3.63, 3.8) is 0 Å². The SMILES string of the molecule is C.CF.CN(C)CCCl.CN(C)CCn1ncn(-c2ccc(N3CCN(c4ccc(Br)cc4)CC3)cc2)c1=O.Cl.O=c1[nH]ncn1-c1ccc(N2CCN(c3ccc(Br)cc3)CC2)cc1. The first-order valence-electron chi connectivity index (χ1n) is 20.7. The molecule has 0 aliphatic carbocycles. The highest BCUT2D eigenvalue weighted by Gasteiger charge is 2.19. The van der Waals surface area contributed by atoms with E-state index in [4.69, 9.17) is 11.6 Å². The summed E-state index contributed by atoms with van der Waals surface area (Å²) in [7, 11) is 8.48. The summed E-state index contributed by atoms with van der Waals surface area (Å²) in [6.07, 6.45) is 3.10. The molecule has 0 spiro atoms. The largest absolute Gasteiger partial charge is 0.368 e. The van der Waals surface area contributed by atoms with E-state index in [0.717, 1.165) is 91.6 Å². The van der Waals surface area contributed by atoms with Crippen LogP contribution in [0.4, 0.5) is 27.1 Å². The van der Waals surface area contributed by atoms with Crippen LogP contribution in [0.1, 0.15) is 7.43 Å². The summed E-state index contributed by atoms with van der Waals surface area (Å²) < 4.78 is 16.3. The van der Waals surface area contributed by atoms with Crippen LogP contribution in [0.15, 0.2) is 128 Å². The summed E-state index contributed by atoms with van der Waals surface area (Å²) in [5.74, 6) is 0.729. The first-order valence-corrected chi connectivity index (χ1v) is 22.8. The van der Waals surface area contributed by atoms with Crippen LogP contribution in [-0.2, 0) is 6.54 Å². The lowest BCUT2D eigenvalue weighted by atomic mass is 10.2. The van der Waals surface area contributed by atoms with Gasteiger partial charge in [-0.2, -0.15) is 10.2 Å². The number of nitrogens with zero attached hydrogens (tertiary/aromatic N) is 11. The van der Waals surface area contributed by atoms with Crippen LogP contribution in [0.2, 0.25) is 0 Å². The second-order valence-corrected chi connectivity index (χ2v) is 17.5. The number of aromatic nitrogens is 6. The van der Waals surface area contributed by atoms with Crippen molar-refractivity contribution in [3.8, 4) is 11.4 Å². The van der Waals surface area contributed by atoms with Crippen molar-refractivity contribution >= 4 is 78.6 Å².